The summed E-state index contributed by atoms with van der Waals surface area (Å²) in [6, 6.07) is 9.42. The van der Waals surface area contributed by atoms with Crippen LogP contribution < -0.4 is 5.32 Å². The second kappa shape index (κ2) is 6.25. The molecule has 3 rings (SSSR count). The minimum absolute atomic E-state index is 0.652. The van der Waals surface area contributed by atoms with Gasteiger partial charge in [-0.15, -0.1) is 11.3 Å². The molecule has 2 heterocycles. The highest BCUT2D eigenvalue weighted by Gasteiger charge is 2.23. The summed E-state index contributed by atoms with van der Waals surface area (Å²) < 4.78 is 1.41. The summed E-state index contributed by atoms with van der Waals surface area (Å²) in [5.41, 5.74) is 1.50. The number of rotatable bonds is 4. The molecular weight excluding hydrogens is 264 g/mol. The first-order valence-corrected chi connectivity index (χ1v) is 8.56. The lowest BCUT2D eigenvalue weighted by atomic mass is 9.97. The highest BCUT2D eigenvalue weighted by molar-refractivity contribution is 7.17. The van der Waals surface area contributed by atoms with Gasteiger partial charge >= 0.3 is 0 Å². The molecule has 0 radical (unpaired) electrons. The number of nitrogens with zero attached hydrogens (tertiary/aromatic N) is 1. The van der Waals surface area contributed by atoms with Gasteiger partial charge in [-0.1, -0.05) is 38.5 Å². The van der Waals surface area contributed by atoms with Crippen molar-refractivity contribution in [2.24, 2.45) is 5.92 Å². The van der Waals surface area contributed by atoms with Crippen molar-refractivity contribution in [3.8, 4) is 0 Å². The zero-order valence-corrected chi connectivity index (χ0v) is 13.2. The van der Waals surface area contributed by atoms with Gasteiger partial charge in [0.2, 0.25) is 0 Å². The van der Waals surface area contributed by atoms with Crippen LogP contribution in [-0.2, 0) is 6.54 Å². The number of hydrogen-bond acceptors (Lipinski definition) is 3. The topological polar surface area (TPSA) is 15.3 Å². The molecule has 1 N–H and O–H groups in total. The monoisotopic (exact) mass is 288 g/mol. The van der Waals surface area contributed by atoms with Crippen molar-refractivity contribution in [2.75, 3.05) is 19.6 Å². The standard InChI is InChI=1S/C17H24N2S/c1-3-13(2)16-11-19(9-8-18-16)10-14-12-20-17-7-5-4-6-15(14)17/h4-7,12-13,16,18H,3,8-11H2,1-2H3. The van der Waals surface area contributed by atoms with E-state index in [4.69, 9.17) is 0 Å². The predicted molar refractivity (Wildman–Crippen MR) is 88.3 cm³/mol. The zero-order chi connectivity index (χ0) is 13.9. The maximum absolute atomic E-state index is 3.68. The van der Waals surface area contributed by atoms with E-state index in [0.717, 1.165) is 25.6 Å². The molecule has 0 aliphatic carbocycles. The highest BCUT2D eigenvalue weighted by Crippen LogP contribution is 2.27. The number of nitrogens with one attached hydrogen (secondary N) is 1. The maximum atomic E-state index is 3.68. The number of fused-ring (bicyclic) bond motifs is 1. The third kappa shape index (κ3) is 2.90. The molecule has 2 atom stereocenters. The lowest BCUT2D eigenvalue weighted by Crippen LogP contribution is -2.52. The van der Waals surface area contributed by atoms with Crippen LogP contribution in [0.4, 0.5) is 0 Å². The lowest BCUT2D eigenvalue weighted by molar-refractivity contribution is 0.163. The van der Waals surface area contributed by atoms with E-state index in [1.807, 2.05) is 11.3 Å². The summed E-state index contributed by atoms with van der Waals surface area (Å²) in [5.74, 6) is 0.761. The number of benzene rings is 1. The fourth-order valence-corrected chi connectivity index (χ4v) is 4.00. The Balaban J connectivity index is 1.71. The second-order valence-corrected chi connectivity index (χ2v) is 6.85. The molecule has 1 saturated heterocycles. The molecule has 2 aromatic rings. The molecule has 2 unspecified atom stereocenters. The van der Waals surface area contributed by atoms with Gasteiger partial charge in [0.15, 0.2) is 0 Å². The van der Waals surface area contributed by atoms with Crippen LogP contribution in [0.5, 0.6) is 0 Å². The molecule has 2 nitrogen and oxygen atoms in total. The van der Waals surface area contributed by atoms with Gasteiger partial charge < -0.3 is 5.32 Å². The van der Waals surface area contributed by atoms with Crippen LogP contribution >= 0.6 is 11.3 Å². The van der Waals surface area contributed by atoms with Crippen molar-refractivity contribution in [3.63, 3.8) is 0 Å². The molecule has 0 bridgehead atoms. The van der Waals surface area contributed by atoms with Crippen LogP contribution in [0.3, 0.4) is 0 Å². The van der Waals surface area contributed by atoms with Crippen LogP contribution in [0.2, 0.25) is 0 Å². The second-order valence-electron chi connectivity index (χ2n) is 5.94. The average Bonchev–Trinajstić information content (AvgIpc) is 2.90. The van der Waals surface area contributed by atoms with E-state index in [9.17, 15) is 0 Å². The van der Waals surface area contributed by atoms with E-state index < -0.39 is 0 Å². The molecule has 1 aromatic carbocycles. The largest absolute Gasteiger partial charge is 0.311 e. The minimum Gasteiger partial charge on any atom is -0.311 e. The van der Waals surface area contributed by atoms with Gasteiger partial charge in [0.1, 0.15) is 0 Å². The Kier molecular flexibility index (Phi) is 4.39. The summed E-state index contributed by atoms with van der Waals surface area (Å²) in [7, 11) is 0. The Labute approximate surface area is 125 Å². The van der Waals surface area contributed by atoms with E-state index in [1.165, 1.54) is 28.6 Å². The van der Waals surface area contributed by atoms with Crippen LogP contribution in [0, 0.1) is 5.92 Å². The Morgan fingerprint density at radius 2 is 2.25 bits per heavy atom. The van der Waals surface area contributed by atoms with Gasteiger partial charge in [-0.25, -0.2) is 0 Å². The first kappa shape index (κ1) is 14.1. The smallest absolute Gasteiger partial charge is 0.0346 e. The first-order valence-electron chi connectivity index (χ1n) is 7.68. The molecular formula is C17H24N2S. The zero-order valence-electron chi connectivity index (χ0n) is 12.4. The third-order valence-corrected chi connectivity index (χ3v) is 5.59. The van der Waals surface area contributed by atoms with Gasteiger partial charge in [-0.05, 0) is 28.3 Å². The van der Waals surface area contributed by atoms with E-state index in [0.29, 0.717) is 6.04 Å². The fraction of sp³-hybridized carbons (Fsp3) is 0.529. The summed E-state index contributed by atoms with van der Waals surface area (Å²) >= 11 is 1.87. The van der Waals surface area contributed by atoms with Crippen LogP contribution in [0.25, 0.3) is 10.1 Å². The lowest BCUT2D eigenvalue weighted by Gasteiger charge is -2.36. The van der Waals surface area contributed by atoms with E-state index in [-0.39, 0.29) is 0 Å². The molecule has 1 aromatic heterocycles. The van der Waals surface area contributed by atoms with Gasteiger partial charge in [-0.3, -0.25) is 4.90 Å². The van der Waals surface area contributed by atoms with E-state index in [2.05, 4.69) is 53.7 Å². The summed E-state index contributed by atoms with van der Waals surface area (Å²) in [4.78, 5) is 2.61. The molecule has 20 heavy (non-hydrogen) atoms. The summed E-state index contributed by atoms with van der Waals surface area (Å²) in [6.45, 7) is 9.21. The van der Waals surface area contributed by atoms with Crippen molar-refractivity contribution in [2.45, 2.75) is 32.9 Å². The van der Waals surface area contributed by atoms with Crippen molar-refractivity contribution >= 4 is 21.4 Å². The fourth-order valence-electron chi connectivity index (χ4n) is 3.05. The van der Waals surface area contributed by atoms with Crippen molar-refractivity contribution in [1.82, 2.24) is 10.2 Å². The van der Waals surface area contributed by atoms with Crippen molar-refractivity contribution in [3.05, 3.63) is 35.2 Å². The van der Waals surface area contributed by atoms with Gasteiger partial charge in [0.25, 0.3) is 0 Å². The van der Waals surface area contributed by atoms with Crippen LogP contribution in [0.15, 0.2) is 29.6 Å². The van der Waals surface area contributed by atoms with E-state index >= 15 is 0 Å². The van der Waals surface area contributed by atoms with Gasteiger partial charge in [0.05, 0.1) is 0 Å². The third-order valence-electron chi connectivity index (χ3n) is 4.58. The van der Waals surface area contributed by atoms with Crippen LogP contribution in [-0.4, -0.2) is 30.6 Å². The summed E-state index contributed by atoms with van der Waals surface area (Å²) in [5, 5.41) is 7.46. The first-order chi connectivity index (χ1) is 9.78. The molecule has 0 saturated carbocycles. The van der Waals surface area contributed by atoms with Gasteiger partial charge in [0, 0.05) is 36.9 Å². The Morgan fingerprint density at radius 3 is 3.10 bits per heavy atom. The average molecular weight is 288 g/mol. The van der Waals surface area contributed by atoms with Crippen LogP contribution in [0.1, 0.15) is 25.8 Å². The number of thiophene rings is 1. The molecule has 0 spiro atoms. The van der Waals surface area contributed by atoms with Crippen molar-refractivity contribution < 1.29 is 0 Å². The molecule has 3 heteroatoms. The van der Waals surface area contributed by atoms with Gasteiger partial charge in [-0.2, -0.15) is 0 Å². The minimum atomic E-state index is 0.652. The Hall–Kier alpha value is -0.900. The quantitative estimate of drug-likeness (QED) is 0.922. The SMILES string of the molecule is CCC(C)C1CN(Cc2csc3ccccc23)CCN1. The predicted octanol–water partition coefficient (Wildman–Crippen LogP) is 3.72. The molecule has 1 aliphatic rings. The molecule has 108 valence electrons. The number of hydrogen-bond donors (Lipinski definition) is 1. The summed E-state index contributed by atoms with van der Waals surface area (Å²) in [6.07, 6.45) is 1.26. The van der Waals surface area contributed by atoms with E-state index in [1.54, 1.807) is 0 Å². The molecule has 1 aliphatic heterocycles. The van der Waals surface area contributed by atoms with Crippen molar-refractivity contribution in [1.29, 1.82) is 0 Å². The Morgan fingerprint density at radius 1 is 1.40 bits per heavy atom. The highest BCUT2D eigenvalue weighted by atomic mass is 32.1. The molecule has 0 amide bonds. The normalized spacial score (nSPS) is 22.2. The molecule has 1 fully saturated rings. The Bertz CT molecular complexity index is 563. The number of piperazine rings is 1. The maximum Gasteiger partial charge on any atom is 0.0346 e.